The molecule has 0 bridgehead atoms. The molecule has 0 unspecified atom stereocenters. The third-order valence-electron chi connectivity index (χ3n) is 1.42. The van der Waals surface area contributed by atoms with Crippen LogP contribution in [0.15, 0.2) is 16.7 Å². The number of halogens is 1. The molecule has 0 atom stereocenters. The topological polar surface area (TPSA) is 65.2 Å². The molecule has 1 heterocycles. The van der Waals surface area contributed by atoms with Crippen LogP contribution in [0.2, 0.25) is 0 Å². The van der Waals surface area contributed by atoms with Crippen LogP contribution in [0.1, 0.15) is 24.3 Å². The van der Waals surface area contributed by atoms with E-state index >= 15 is 0 Å². The van der Waals surface area contributed by atoms with Crippen LogP contribution in [-0.2, 0) is 4.74 Å². The van der Waals surface area contributed by atoms with Crippen LogP contribution in [0.25, 0.3) is 0 Å². The first kappa shape index (κ1) is 11.0. The molecule has 0 saturated heterocycles. The number of rotatable bonds is 2. The highest BCUT2D eigenvalue weighted by Gasteiger charge is 2.14. The third kappa shape index (κ3) is 2.70. The number of hydrogen-bond donors (Lipinski definition) is 1. The second kappa shape index (κ2) is 4.41. The van der Waals surface area contributed by atoms with Crippen molar-refractivity contribution in [3.05, 3.63) is 22.4 Å². The maximum atomic E-state index is 11.4. The molecule has 5 heteroatoms. The molecule has 14 heavy (non-hydrogen) atoms. The lowest BCUT2D eigenvalue weighted by Gasteiger charge is -2.08. The van der Waals surface area contributed by atoms with E-state index in [9.17, 15) is 4.79 Å². The molecule has 0 amide bonds. The van der Waals surface area contributed by atoms with Gasteiger partial charge in [-0.05, 0) is 35.8 Å². The summed E-state index contributed by atoms with van der Waals surface area (Å²) >= 11 is 3.20. The largest absolute Gasteiger partial charge is 0.458 e. The van der Waals surface area contributed by atoms with Gasteiger partial charge in [0.25, 0.3) is 0 Å². The zero-order valence-electron chi connectivity index (χ0n) is 7.95. The van der Waals surface area contributed by atoms with Crippen molar-refractivity contribution in [1.82, 2.24) is 4.98 Å². The van der Waals surface area contributed by atoms with Gasteiger partial charge in [-0.2, -0.15) is 0 Å². The van der Waals surface area contributed by atoms with Crippen molar-refractivity contribution >= 4 is 27.6 Å². The summed E-state index contributed by atoms with van der Waals surface area (Å²) in [7, 11) is 0. The summed E-state index contributed by atoms with van der Waals surface area (Å²) in [6.07, 6.45) is 1.33. The molecule has 1 aromatic heterocycles. The van der Waals surface area contributed by atoms with Crippen LogP contribution in [0.4, 0.5) is 5.69 Å². The van der Waals surface area contributed by atoms with E-state index in [0.29, 0.717) is 5.69 Å². The summed E-state index contributed by atoms with van der Waals surface area (Å²) in [5, 5.41) is 0. The van der Waals surface area contributed by atoms with Gasteiger partial charge in [0.2, 0.25) is 0 Å². The van der Waals surface area contributed by atoms with Gasteiger partial charge in [0, 0.05) is 10.7 Å². The van der Waals surface area contributed by atoms with Crippen molar-refractivity contribution in [2.24, 2.45) is 0 Å². The minimum atomic E-state index is -0.495. The molecule has 0 spiro atoms. The lowest BCUT2D eigenvalue weighted by molar-refractivity contribution is 0.0372. The minimum absolute atomic E-state index is 0.155. The van der Waals surface area contributed by atoms with Crippen molar-refractivity contribution < 1.29 is 9.53 Å². The fourth-order valence-electron chi connectivity index (χ4n) is 0.895. The zero-order valence-corrected chi connectivity index (χ0v) is 9.54. The van der Waals surface area contributed by atoms with E-state index in [1.807, 2.05) is 0 Å². The van der Waals surface area contributed by atoms with E-state index < -0.39 is 5.97 Å². The van der Waals surface area contributed by atoms with Crippen LogP contribution < -0.4 is 5.73 Å². The number of nitrogen functional groups attached to an aromatic ring is 1. The van der Waals surface area contributed by atoms with Crippen molar-refractivity contribution in [2.45, 2.75) is 20.0 Å². The molecule has 0 saturated carbocycles. The van der Waals surface area contributed by atoms with Crippen LogP contribution in [0.3, 0.4) is 0 Å². The van der Waals surface area contributed by atoms with E-state index in [0.717, 1.165) is 4.47 Å². The van der Waals surface area contributed by atoms with Gasteiger partial charge in [0.15, 0.2) is 5.69 Å². The van der Waals surface area contributed by atoms with Gasteiger partial charge < -0.3 is 10.5 Å². The molecule has 0 aromatic carbocycles. The highest BCUT2D eigenvalue weighted by Crippen LogP contribution is 2.16. The Balaban J connectivity index is 2.90. The summed E-state index contributed by atoms with van der Waals surface area (Å²) in [6, 6.07) is 1.62. The lowest BCUT2D eigenvalue weighted by Crippen LogP contribution is -2.14. The Labute approximate surface area is 90.6 Å². The van der Waals surface area contributed by atoms with E-state index in [2.05, 4.69) is 20.9 Å². The molecule has 0 aliphatic rings. The Morgan fingerprint density at radius 2 is 2.29 bits per heavy atom. The number of pyridine rings is 1. The number of ether oxygens (including phenoxy) is 1. The molecule has 0 fully saturated rings. The summed E-state index contributed by atoms with van der Waals surface area (Å²) < 4.78 is 5.69. The lowest BCUT2D eigenvalue weighted by atomic mass is 10.3. The quantitative estimate of drug-likeness (QED) is 0.825. The predicted octanol–water partition coefficient (Wildman–Crippen LogP) is 1.99. The predicted molar refractivity (Wildman–Crippen MR) is 56.9 cm³/mol. The number of aromatic nitrogens is 1. The molecule has 2 N–H and O–H groups in total. The van der Waals surface area contributed by atoms with Crippen molar-refractivity contribution in [3.8, 4) is 0 Å². The SMILES string of the molecule is CC(C)OC(=O)c1ncc(Br)cc1N. The Kier molecular flexibility index (Phi) is 3.46. The van der Waals surface area contributed by atoms with E-state index in [1.165, 1.54) is 6.20 Å². The van der Waals surface area contributed by atoms with Gasteiger partial charge in [-0.3, -0.25) is 0 Å². The second-order valence-electron chi connectivity index (χ2n) is 3.05. The van der Waals surface area contributed by atoms with Gasteiger partial charge in [-0.1, -0.05) is 0 Å². The molecular weight excluding hydrogens is 248 g/mol. The molecule has 0 radical (unpaired) electrons. The van der Waals surface area contributed by atoms with Crippen LogP contribution in [0.5, 0.6) is 0 Å². The van der Waals surface area contributed by atoms with Crippen LogP contribution in [-0.4, -0.2) is 17.1 Å². The molecular formula is C9H11BrN2O2. The number of anilines is 1. The highest BCUT2D eigenvalue weighted by molar-refractivity contribution is 9.10. The van der Waals surface area contributed by atoms with Gasteiger partial charge >= 0.3 is 5.97 Å². The molecule has 0 aliphatic heterocycles. The summed E-state index contributed by atoms with van der Waals surface area (Å²) in [5.41, 5.74) is 6.07. The number of nitrogens with two attached hydrogens (primary N) is 1. The fourth-order valence-corrected chi connectivity index (χ4v) is 1.24. The Morgan fingerprint density at radius 1 is 1.64 bits per heavy atom. The second-order valence-corrected chi connectivity index (χ2v) is 3.96. The maximum Gasteiger partial charge on any atom is 0.359 e. The average Bonchev–Trinajstić information content (AvgIpc) is 2.01. The highest BCUT2D eigenvalue weighted by atomic mass is 79.9. The Morgan fingerprint density at radius 3 is 2.79 bits per heavy atom. The smallest absolute Gasteiger partial charge is 0.359 e. The monoisotopic (exact) mass is 258 g/mol. The molecule has 76 valence electrons. The molecule has 4 nitrogen and oxygen atoms in total. The maximum absolute atomic E-state index is 11.4. The number of esters is 1. The van der Waals surface area contributed by atoms with Crippen LogP contribution in [0, 0.1) is 0 Å². The third-order valence-corrected chi connectivity index (χ3v) is 1.85. The fraction of sp³-hybridized carbons (Fsp3) is 0.333. The summed E-state index contributed by atoms with van der Waals surface area (Å²) in [4.78, 5) is 15.3. The number of carbonyl (C=O) groups is 1. The first-order chi connectivity index (χ1) is 6.50. The zero-order chi connectivity index (χ0) is 10.7. The van der Waals surface area contributed by atoms with Crippen molar-refractivity contribution in [2.75, 3.05) is 5.73 Å². The normalized spacial score (nSPS) is 10.3. The molecule has 0 aliphatic carbocycles. The van der Waals surface area contributed by atoms with Gasteiger partial charge in [0.05, 0.1) is 11.8 Å². The summed E-state index contributed by atoms with van der Waals surface area (Å²) in [6.45, 7) is 3.54. The first-order valence-electron chi connectivity index (χ1n) is 4.12. The van der Waals surface area contributed by atoms with Crippen molar-refractivity contribution in [1.29, 1.82) is 0 Å². The van der Waals surface area contributed by atoms with E-state index in [4.69, 9.17) is 10.5 Å². The minimum Gasteiger partial charge on any atom is -0.458 e. The van der Waals surface area contributed by atoms with Gasteiger partial charge in [-0.15, -0.1) is 0 Å². The first-order valence-corrected chi connectivity index (χ1v) is 4.92. The Hall–Kier alpha value is -1.10. The number of nitrogens with zero attached hydrogens (tertiary/aromatic N) is 1. The molecule has 1 aromatic rings. The van der Waals surface area contributed by atoms with Crippen molar-refractivity contribution in [3.63, 3.8) is 0 Å². The standard InChI is InChI=1S/C9H11BrN2O2/c1-5(2)14-9(13)8-7(11)3-6(10)4-12-8/h3-5H,11H2,1-2H3. The van der Waals surface area contributed by atoms with Gasteiger partial charge in [-0.25, -0.2) is 9.78 Å². The number of hydrogen-bond acceptors (Lipinski definition) is 4. The summed E-state index contributed by atoms with van der Waals surface area (Å²) in [5.74, 6) is -0.495. The average molecular weight is 259 g/mol. The Bertz CT molecular complexity index is 353. The number of carbonyl (C=O) groups excluding carboxylic acids is 1. The van der Waals surface area contributed by atoms with E-state index in [-0.39, 0.29) is 11.8 Å². The molecule has 1 rings (SSSR count). The van der Waals surface area contributed by atoms with E-state index in [1.54, 1.807) is 19.9 Å². The van der Waals surface area contributed by atoms with Gasteiger partial charge in [0.1, 0.15) is 0 Å². The van der Waals surface area contributed by atoms with Crippen LogP contribution >= 0.6 is 15.9 Å².